The van der Waals surface area contributed by atoms with Crippen LogP contribution >= 0.6 is 0 Å². The predicted molar refractivity (Wildman–Crippen MR) is 41.9 cm³/mol. The highest BCUT2D eigenvalue weighted by Gasteiger charge is 2.30. The van der Waals surface area contributed by atoms with Gasteiger partial charge in [-0.05, 0) is 13.3 Å². The summed E-state index contributed by atoms with van der Waals surface area (Å²) in [6, 6.07) is 2.10. The monoisotopic (exact) mass is 154 g/mol. The van der Waals surface area contributed by atoms with Crippen molar-refractivity contribution in [2.24, 2.45) is 0 Å². The third kappa shape index (κ3) is 2.49. The van der Waals surface area contributed by atoms with Crippen LogP contribution in [0, 0.1) is 11.3 Å². The molecule has 0 bridgehead atoms. The van der Waals surface area contributed by atoms with E-state index in [1.54, 1.807) is 0 Å². The van der Waals surface area contributed by atoms with E-state index in [-0.39, 0.29) is 0 Å². The lowest BCUT2D eigenvalue weighted by Crippen LogP contribution is -2.30. The molecule has 11 heavy (non-hydrogen) atoms. The van der Waals surface area contributed by atoms with Gasteiger partial charge in [0.1, 0.15) is 0 Å². The number of nitriles is 1. The molecule has 0 radical (unpaired) electrons. The Morgan fingerprint density at radius 3 is 2.91 bits per heavy atom. The highest BCUT2D eigenvalue weighted by atomic mass is 16.3. The minimum Gasteiger partial charge on any atom is -0.389 e. The zero-order valence-electron chi connectivity index (χ0n) is 6.88. The molecule has 1 N–H and O–H groups in total. The Labute approximate surface area is 67.2 Å². The van der Waals surface area contributed by atoms with E-state index in [0.717, 1.165) is 19.5 Å². The average Bonchev–Trinajstić information content (AvgIpc) is 2.26. The first-order valence-electron chi connectivity index (χ1n) is 3.96. The van der Waals surface area contributed by atoms with Crippen molar-refractivity contribution in [3.05, 3.63) is 0 Å². The molecule has 1 unspecified atom stereocenters. The first-order valence-corrected chi connectivity index (χ1v) is 3.96. The number of nitrogens with zero attached hydrogens (tertiary/aromatic N) is 2. The molecule has 0 amide bonds. The van der Waals surface area contributed by atoms with Gasteiger partial charge >= 0.3 is 0 Å². The topological polar surface area (TPSA) is 47.3 Å². The second-order valence-electron chi connectivity index (χ2n) is 3.43. The van der Waals surface area contributed by atoms with Crippen molar-refractivity contribution in [1.82, 2.24) is 4.90 Å². The Morgan fingerprint density at radius 2 is 2.45 bits per heavy atom. The summed E-state index contributed by atoms with van der Waals surface area (Å²) < 4.78 is 0. The van der Waals surface area contributed by atoms with E-state index in [1.807, 2.05) is 6.92 Å². The van der Waals surface area contributed by atoms with E-state index in [4.69, 9.17) is 5.26 Å². The molecule has 1 heterocycles. The van der Waals surface area contributed by atoms with Gasteiger partial charge in [-0.25, -0.2) is 0 Å². The van der Waals surface area contributed by atoms with Crippen LogP contribution in [-0.2, 0) is 0 Å². The van der Waals surface area contributed by atoms with Crippen LogP contribution < -0.4 is 0 Å². The number of likely N-dealkylation sites (tertiary alicyclic amines) is 1. The Bertz CT molecular complexity index is 171. The van der Waals surface area contributed by atoms with Crippen LogP contribution in [0.2, 0.25) is 0 Å². The van der Waals surface area contributed by atoms with E-state index < -0.39 is 5.60 Å². The van der Waals surface area contributed by atoms with Crippen LogP contribution in [0.3, 0.4) is 0 Å². The van der Waals surface area contributed by atoms with Gasteiger partial charge < -0.3 is 5.11 Å². The standard InChI is InChI=1S/C8H14N2O/c1-8(11)3-6-10(7-8)5-2-4-9/h11H,2-3,5-7H2,1H3. The molecule has 0 aromatic rings. The maximum absolute atomic E-state index is 9.54. The third-order valence-corrected chi connectivity index (χ3v) is 2.07. The summed E-state index contributed by atoms with van der Waals surface area (Å²) in [7, 11) is 0. The quantitative estimate of drug-likeness (QED) is 0.624. The van der Waals surface area contributed by atoms with Crippen molar-refractivity contribution < 1.29 is 5.11 Å². The lowest BCUT2D eigenvalue weighted by molar-refractivity contribution is 0.0691. The van der Waals surface area contributed by atoms with E-state index in [0.29, 0.717) is 13.0 Å². The minimum absolute atomic E-state index is 0.518. The number of hydrogen-bond donors (Lipinski definition) is 1. The fourth-order valence-electron chi connectivity index (χ4n) is 1.44. The van der Waals surface area contributed by atoms with Gasteiger partial charge in [0.15, 0.2) is 0 Å². The summed E-state index contributed by atoms with van der Waals surface area (Å²) in [5.41, 5.74) is -0.518. The molecular formula is C8H14N2O. The maximum Gasteiger partial charge on any atom is 0.0758 e. The van der Waals surface area contributed by atoms with Crippen LogP contribution in [-0.4, -0.2) is 35.2 Å². The van der Waals surface area contributed by atoms with Gasteiger partial charge in [0.25, 0.3) is 0 Å². The molecule has 1 fully saturated rings. The SMILES string of the molecule is CC1(O)CCN(CCC#N)C1. The molecular weight excluding hydrogens is 140 g/mol. The molecule has 1 rings (SSSR count). The lowest BCUT2D eigenvalue weighted by atomic mass is 10.1. The van der Waals surface area contributed by atoms with Crippen molar-refractivity contribution in [2.45, 2.75) is 25.4 Å². The summed E-state index contributed by atoms with van der Waals surface area (Å²) in [5.74, 6) is 0. The van der Waals surface area contributed by atoms with Gasteiger partial charge in [-0.15, -0.1) is 0 Å². The molecule has 0 aromatic heterocycles. The van der Waals surface area contributed by atoms with Gasteiger partial charge in [0, 0.05) is 26.1 Å². The van der Waals surface area contributed by atoms with Crippen molar-refractivity contribution in [1.29, 1.82) is 5.26 Å². The van der Waals surface area contributed by atoms with Crippen LogP contribution in [0.4, 0.5) is 0 Å². The molecule has 1 atom stereocenters. The molecule has 0 aromatic carbocycles. The zero-order valence-corrected chi connectivity index (χ0v) is 6.88. The van der Waals surface area contributed by atoms with Crippen molar-refractivity contribution in [3.63, 3.8) is 0 Å². The van der Waals surface area contributed by atoms with Crippen LogP contribution in [0.1, 0.15) is 19.8 Å². The molecule has 62 valence electrons. The first-order chi connectivity index (χ1) is 5.14. The second-order valence-corrected chi connectivity index (χ2v) is 3.43. The highest BCUT2D eigenvalue weighted by Crippen LogP contribution is 2.19. The zero-order chi connectivity index (χ0) is 8.32. The fourth-order valence-corrected chi connectivity index (χ4v) is 1.44. The lowest BCUT2D eigenvalue weighted by Gasteiger charge is -2.17. The van der Waals surface area contributed by atoms with Gasteiger partial charge in [-0.3, -0.25) is 4.90 Å². The smallest absolute Gasteiger partial charge is 0.0758 e. The van der Waals surface area contributed by atoms with E-state index >= 15 is 0 Å². The number of β-amino-alcohol motifs (C(OH)–C–C–N with tert-alkyl or cyclic N) is 1. The Hall–Kier alpha value is -0.590. The number of aliphatic hydroxyl groups is 1. The minimum atomic E-state index is -0.518. The summed E-state index contributed by atoms with van der Waals surface area (Å²) in [6.07, 6.45) is 1.40. The normalized spacial score (nSPS) is 32.1. The third-order valence-electron chi connectivity index (χ3n) is 2.07. The van der Waals surface area contributed by atoms with E-state index in [9.17, 15) is 5.11 Å². The Kier molecular flexibility index (Phi) is 2.48. The predicted octanol–water partition coefficient (Wildman–Crippen LogP) is 0.357. The Morgan fingerprint density at radius 1 is 1.73 bits per heavy atom. The molecule has 1 aliphatic heterocycles. The molecule has 0 aliphatic carbocycles. The fraction of sp³-hybridized carbons (Fsp3) is 0.875. The number of rotatable bonds is 2. The van der Waals surface area contributed by atoms with Gasteiger partial charge in [0.05, 0.1) is 11.7 Å². The molecule has 0 spiro atoms. The largest absolute Gasteiger partial charge is 0.389 e. The van der Waals surface area contributed by atoms with Gasteiger partial charge in [-0.1, -0.05) is 0 Å². The maximum atomic E-state index is 9.54. The summed E-state index contributed by atoms with van der Waals surface area (Å²) >= 11 is 0. The van der Waals surface area contributed by atoms with Gasteiger partial charge in [-0.2, -0.15) is 5.26 Å². The first kappa shape index (κ1) is 8.51. The second kappa shape index (κ2) is 3.21. The highest BCUT2D eigenvalue weighted by molar-refractivity contribution is 4.87. The summed E-state index contributed by atoms with van der Waals surface area (Å²) in [5, 5.41) is 17.9. The Balaban J connectivity index is 2.26. The van der Waals surface area contributed by atoms with Crippen molar-refractivity contribution in [3.8, 4) is 6.07 Å². The van der Waals surface area contributed by atoms with Crippen molar-refractivity contribution in [2.75, 3.05) is 19.6 Å². The van der Waals surface area contributed by atoms with E-state index in [1.165, 1.54) is 0 Å². The summed E-state index contributed by atoms with van der Waals surface area (Å²) in [4.78, 5) is 2.13. The van der Waals surface area contributed by atoms with Crippen molar-refractivity contribution >= 4 is 0 Å². The van der Waals surface area contributed by atoms with Gasteiger partial charge in [0.2, 0.25) is 0 Å². The molecule has 1 saturated heterocycles. The molecule has 1 aliphatic rings. The average molecular weight is 154 g/mol. The van der Waals surface area contributed by atoms with Crippen LogP contribution in [0.25, 0.3) is 0 Å². The van der Waals surface area contributed by atoms with E-state index in [2.05, 4.69) is 11.0 Å². The van der Waals surface area contributed by atoms with Crippen LogP contribution in [0.5, 0.6) is 0 Å². The molecule has 3 nitrogen and oxygen atoms in total. The number of hydrogen-bond acceptors (Lipinski definition) is 3. The summed E-state index contributed by atoms with van der Waals surface area (Å²) in [6.45, 7) is 4.29. The molecule has 0 saturated carbocycles. The van der Waals surface area contributed by atoms with Crippen LogP contribution in [0.15, 0.2) is 0 Å². The molecule has 3 heteroatoms.